The Bertz CT molecular complexity index is 1010. The number of carbonyl (C=O) groups is 1. The third-order valence-electron chi connectivity index (χ3n) is 5.89. The number of sulfonamides is 1. The maximum atomic E-state index is 12.5. The Morgan fingerprint density at radius 3 is 2.41 bits per heavy atom. The minimum atomic E-state index is -3.55. The van der Waals surface area contributed by atoms with Crippen molar-refractivity contribution in [3.05, 3.63) is 42.2 Å². The molecule has 0 unspecified atom stereocenters. The van der Waals surface area contributed by atoms with E-state index in [1.807, 2.05) is 0 Å². The summed E-state index contributed by atoms with van der Waals surface area (Å²) in [5.41, 5.74) is 1.73. The number of hydrogen-bond donors (Lipinski definition) is 3. The lowest BCUT2D eigenvalue weighted by molar-refractivity contribution is 0.100. The van der Waals surface area contributed by atoms with E-state index in [4.69, 9.17) is 4.74 Å². The second kappa shape index (κ2) is 10.3. The highest BCUT2D eigenvalue weighted by molar-refractivity contribution is 7.89. The lowest BCUT2D eigenvalue weighted by Crippen LogP contribution is -2.28. The van der Waals surface area contributed by atoms with Gasteiger partial charge in [-0.1, -0.05) is 12.8 Å². The van der Waals surface area contributed by atoms with Gasteiger partial charge in [0.2, 0.25) is 16.0 Å². The van der Waals surface area contributed by atoms with Crippen molar-refractivity contribution >= 4 is 27.8 Å². The van der Waals surface area contributed by atoms with Crippen molar-refractivity contribution in [1.82, 2.24) is 20.0 Å². The molecular weight excluding hydrogens is 430 g/mol. The average molecular weight is 460 g/mol. The highest BCUT2D eigenvalue weighted by Gasteiger charge is 2.29. The minimum absolute atomic E-state index is 0.0917. The Hall–Kier alpha value is -2.72. The second-order valence-electron chi connectivity index (χ2n) is 8.27. The van der Waals surface area contributed by atoms with E-state index in [-0.39, 0.29) is 23.0 Å². The van der Waals surface area contributed by atoms with Crippen molar-refractivity contribution in [1.29, 1.82) is 0 Å². The predicted molar refractivity (Wildman–Crippen MR) is 120 cm³/mol. The Balaban J connectivity index is 1.47. The molecule has 9 nitrogen and oxygen atoms in total. The molecule has 1 aromatic heterocycles. The molecule has 3 N–H and O–H groups in total. The number of alkyl carbamates (subject to hydrolysis) is 1. The number of nitrogens with zero attached hydrogens (tertiary/aromatic N) is 2. The van der Waals surface area contributed by atoms with E-state index >= 15 is 0 Å². The normalized spacial score (nSPS) is 24.3. The molecule has 6 bridgehead atoms. The van der Waals surface area contributed by atoms with Crippen LogP contribution in [0, 0.1) is 0 Å². The van der Waals surface area contributed by atoms with Crippen LogP contribution in [0.25, 0.3) is 0 Å². The molecule has 1 amide bonds. The molecule has 0 saturated heterocycles. The van der Waals surface area contributed by atoms with Crippen LogP contribution in [-0.2, 0) is 14.8 Å². The fourth-order valence-electron chi connectivity index (χ4n) is 4.09. The van der Waals surface area contributed by atoms with Gasteiger partial charge < -0.3 is 15.4 Å². The molecule has 2 aromatic rings. The lowest BCUT2D eigenvalue weighted by atomic mass is 10.0. The molecule has 32 heavy (non-hydrogen) atoms. The molecule has 6 rings (SSSR count). The van der Waals surface area contributed by atoms with Gasteiger partial charge in [0.1, 0.15) is 6.10 Å². The van der Waals surface area contributed by atoms with Gasteiger partial charge in [-0.05, 0) is 67.9 Å². The fourth-order valence-corrected chi connectivity index (χ4v) is 5.16. The SMILES string of the molecule is O=C1NCCCCCCNS(=O)(=O)c2ccc(cc2)Nc2ncc(cn2)[C@H]2CC[C@H](C2)O1. The van der Waals surface area contributed by atoms with Crippen molar-refractivity contribution in [3.8, 4) is 0 Å². The summed E-state index contributed by atoms with van der Waals surface area (Å²) in [5.74, 6) is 0.700. The molecule has 4 aliphatic rings. The molecular formula is C22H29N5O4S. The molecule has 1 fully saturated rings. The summed E-state index contributed by atoms with van der Waals surface area (Å²) in [5, 5.41) is 5.90. The van der Waals surface area contributed by atoms with Crippen molar-refractivity contribution in [2.45, 2.75) is 61.9 Å². The number of anilines is 2. The van der Waals surface area contributed by atoms with Gasteiger partial charge in [-0.15, -0.1) is 0 Å². The maximum absolute atomic E-state index is 12.5. The van der Waals surface area contributed by atoms with Crippen molar-refractivity contribution < 1.29 is 17.9 Å². The number of aromatic nitrogens is 2. The minimum Gasteiger partial charge on any atom is -0.446 e. The summed E-state index contributed by atoms with van der Waals surface area (Å²) in [7, 11) is -3.55. The molecule has 1 aliphatic carbocycles. The number of hydrogen-bond acceptors (Lipinski definition) is 7. The topological polar surface area (TPSA) is 122 Å². The highest BCUT2D eigenvalue weighted by atomic mass is 32.2. The van der Waals surface area contributed by atoms with Crippen LogP contribution >= 0.6 is 0 Å². The van der Waals surface area contributed by atoms with Gasteiger partial charge in [0.15, 0.2) is 0 Å². The third-order valence-corrected chi connectivity index (χ3v) is 7.36. The number of carbonyl (C=O) groups excluding carboxylic acids is 1. The quantitative estimate of drug-likeness (QED) is 0.552. The van der Waals surface area contributed by atoms with Crippen LogP contribution in [0.1, 0.15) is 56.4 Å². The summed E-state index contributed by atoms with van der Waals surface area (Å²) in [6.45, 7) is 0.927. The van der Waals surface area contributed by atoms with E-state index in [0.29, 0.717) is 24.7 Å². The van der Waals surface area contributed by atoms with Gasteiger partial charge in [0.05, 0.1) is 4.90 Å². The Morgan fingerprint density at radius 1 is 0.938 bits per heavy atom. The molecule has 0 radical (unpaired) electrons. The Labute approximate surface area is 188 Å². The van der Waals surface area contributed by atoms with E-state index in [1.54, 1.807) is 36.7 Å². The molecule has 10 heteroatoms. The summed E-state index contributed by atoms with van der Waals surface area (Å²) in [6.07, 6.45) is 9.00. The van der Waals surface area contributed by atoms with Crippen LogP contribution in [0.4, 0.5) is 16.4 Å². The molecule has 0 spiro atoms. The lowest BCUT2D eigenvalue weighted by Gasteiger charge is -2.14. The molecule has 1 saturated carbocycles. The van der Waals surface area contributed by atoms with E-state index < -0.39 is 10.0 Å². The zero-order chi connectivity index (χ0) is 22.4. The van der Waals surface area contributed by atoms with E-state index in [1.165, 1.54) is 0 Å². The second-order valence-corrected chi connectivity index (χ2v) is 10.0. The van der Waals surface area contributed by atoms with E-state index in [9.17, 15) is 13.2 Å². The number of nitrogens with one attached hydrogen (secondary N) is 3. The van der Waals surface area contributed by atoms with E-state index in [2.05, 4.69) is 25.3 Å². The van der Waals surface area contributed by atoms with E-state index in [0.717, 1.165) is 50.5 Å². The third kappa shape index (κ3) is 5.95. The standard InChI is InChI=1S/C22H29N5O4S/c28-22-23-11-3-1-2-4-12-26-32(29,30)20-9-6-18(7-10-20)27-21-24-14-17(15-25-21)16-5-8-19(13-16)31-22/h6-7,9-10,14-16,19,26H,1-5,8,11-13H2,(H,23,28)(H,24,25,27)/t16-,19+/m0/s1. The van der Waals surface area contributed by atoms with Crippen molar-refractivity contribution in [2.75, 3.05) is 18.4 Å². The monoisotopic (exact) mass is 459 g/mol. The van der Waals surface area contributed by atoms with Crippen LogP contribution in [0.5, 0.6) is 0 Å². The van der Waals surface area contributed by atoms with Gasteiger partial charge in [-0.2, -0.15) is 0 Å². The highest BCUT2D eigenvalue weighted by Crippen LogP contribution is 2.35. The predicted octanol–water partition coefficient (Wildman–Crippen LogP) is 3.43. The van der Waals surface area contributed by atoms with Crippen LogP contribution in [0.15, 0.2) is 41.6 Å². The van der Waals surface area contributed by atoms with Gasteiger partial charge in [-0.25, -0.2) is 27.9 Å². The van der Waals surface area contributed by atoms with Crippen molar-refractivity contribution in [2.24, 2.45) is 0 Å². The van der Waals surface area contributed by atoms with Crippen molar-refractivity contribution in [3.63, 3.8) is 0 Å². The van der Waals surface area contributed by atoms with Gasteiger partial charge in [-0.3, -0.25) is 0 Å². The molecule has 172 valence electrons. The smallest absolute Gasteiger partial charge is 0.407 e. The first-order valence-corrected chi connectivity index (χ1v) is 12.6. The molecule has 1 aromatic carbocycles. The zero-order valence-electron chi connectivity index (χ0n) is 17.9. The molecule has 4 heterocycles. The number of benzene rings is 1. The zero-order valence-corrected chi connectivity index (χ0v) is 18.7. The number of rotatable bonds is 0. The van der Waals surface area contributed by atoms with Crippen LogP contribution in [-0.4, -0.2) is 43.7 Å². The van der Waals surface area contributed by atoms with Crippen LogP contribution < -0.4 is 15.4 Å². The van der Waals surface area contributed by atoms with Gasteiger partial charge in [0, 0.05) is 31.2 Å². The maximum Gasteiger partial charge on any atom is 0.407 e. The van der Waals surface area contributed by atoms with Crippen LogP contribution in [0.2, 0.25) is 0 Å². The first-order valence-electron chi connectivity index (χ1n) is 11.1. The summed E-state index contributed by atoms with van der Waals surface area (Å²) >= 11 is 0. The summed E-state index contributed by atoms with van der Waals surface area (Å²) in [6, 6.07) is 6.53. The number of ether oxygens (including phenoxy) is 1. The van der Waals surface area contributed by atoms with Crippen LogP contribution in [0.3, 0.4) is 0 Å². The number of fused-ring (bicyclic) bond motifs is 2. The molecule has 2 atom stereocenters. The van der Waals surface area contributed by atoms with Gasteiger partial charge >= 0.3 is 6.09 Å². The largest absolute Gasteiger partial charge is 0.446 e. The average Bonchev–Trinajstić information content (AvgIpc) is 3.24. The summed E-state index contributed by atoms with van der Waals surface area (Å²) < 4.78 is 33.1. The Kier molecular flexibility index (Phi) is 7.21. The first-order chi connectivity index (χ1) is 15.5. The van der Waals surface area contributed by atoms with Gasteiger partial charge in [0.25, 0.3) is 0 Å². The number of amides is 1. The first kappa shape index (κ1) is 22.5. The molecule has 3 aliphatic heterocycles. The summed E-state index contributed by atoms with van der Waals surface area (Å²) in [4.78, 5) is 21.1. The fraction of sp³-hybridized carbons (Fsp3) is 0.500. The Morgan fingerprint density at radius 2 is 1.66 bits per heavy atom.